The van der Waals surface area contributed by atoms with Gasteiger partial charge in [-0.25, -0.2) is 0 Å². The zero-order valence-corrected chi connectivity index (χ0v) is 13.9. The van der Waals surface area contributed by atoms with E-state index in [0.717, 1.165) is 48.1 Å². The van der Waals surface area contributed by atoms with Crippen LogP contribution in [0.15, 0.2) is 30.3 Å². The van der Waals surface area contributed by atoms with Gasteiger partial charge in [0.2, 0.25) is 0 Å². The highest BCUT2D eigenvalue weighted by Crippen LogP contribution is 2.46. The molecule has 3 nitrogen and oxygen atoms in total. The fraction of sp³-hybridized carbons (Fsp3) is 0.400. The van der Waals surface area contributed by atoms with Crippen LogP contribution in [0.5, 0.6) is 11.5 Å². The minimum absolute atomic E-state index is 0.170. The summed E-state index contributed by atoms with van der Waals surface area (Å²) in [7, 11) is 0. The van der Waals surface area contributed by atoms with Crippen molar-refractivity contribution >= 4 is 0 Å². The van der Waals surface area contributed by atoms with E-state index in [1.807, 2.05) is 37.3 Å². The molecule has 3 heteroatoms. The lowest BCUT2D eigenvalue weighted by molar-refractivity contribution is 0.447. The normalized spacial score (nSPS) is 16.5. The molecule has 0 aromatic heterocycles. The molecular weight excluding hydrogens is 286 g/mol. The number of phenolic OH excluding ortho intramolecular Hbond substituents is 2. The predicted molar refractivity (Wildman–Crippen MR) is 93.9 cm³/mol. The summed E-state index contributed by atoms with van der Waals surface area (Å²) in [5, 5.41) is 24.7. The molecule has 23 heavy (non-hydrogen) atoms. The Morgan fingerprint density at radius 1 is 1.17 bits per heavy atom. The van der Waals surface area contributed by atoms with Crippen molar-refractivity contribution in [3.8, 4) is 22.6 Å². The molecule has 1 aliphatic heterocycles. The highest BCUT2D eigenvalue weighted by atomic mass is 16.3. The Bertz CT molecular complexity index is 705. The van der Waals surface area contributed by atoms with Crippen LogP contribution in [-0.2, 0) is 6.42 Å². The lowest BCUT2D eigenvalue weighted by Gasteiger charge is -2.16. The number of hydrogen-bond acceptors (Lipinski definition) is 3. The number of aryl methyl sites for hydroxylation is 2. The van der Waals surface area contributed by atoms with Crippen LogP contribution in [0.2, 0.25) is 0 Å². The second kappa shape index (κ2) is 6.63. The van der Waals surface area contributed by atoms with Crippen molar-refractivity contribution in [2.24, 2.45) is 0 Å². The maximum absolute atomic E-state index is 10.9. The van der Waals surface area contributed by atoms with Gasteiger partial charge < -0.3 is 15.5 Å². The first-order chi connectivity index (χ1) is 11.1. The van der Waals surface area contributed by atoms with Gasteiger partial charge in [-0.2, -0.15) is 0 Å². The van der Waals surface area contributed by atoms with Gasteiger partial charge in [0, 0.05) is 18.2 Å². The van der Waals surface area contributed by atoms with Crippen molar-refractivity contribution in [2.45, 2.75) is 45.6 Å². The molecule has 0 bridgehead atoms. The number of aromatic hydroxyl groups is 2. The van der Waals surface area contributed by atoms with Crippen LogP contribution in [0, 0.1) is 6.92 Å². The average molecular weight is 311 g/mol. The molecule has 1 aliphatic rings. The van der Waals surface area contributed by atoms with Crippen LogP contribution in [0.4, 0.5) is 0 Å². The first-order valence-corrected chi connectivity index (χ1v) is 8.50. The van der Waals surface area contributed by atoms with Gasteiger partial charge in [0.25, 0.3) is 0 Å². The monoisotopic (exact) mass is 311 g/mol. The van der Waals surface area contributed by atoms with E-state index in [1.165, 1.54) is 6.42 Å². The first kappa shape index (κ1) is 15.9. The number of rotatable bonds is 6. The smallest absolute Gasteiger partial charge is 0.132 e. The molecule has 0 saturated carbocycles. The quantitative estimate of drug-likeness (QED) is 0.545. The van der Waals surface area contributed by atoms with Gasteiger partial charge in [0.1, 0.15) is 11.5 Å². The minimum atomic E-state index is 0.170. The lowest BCUT2D eigenvalue weighted by atomic mass is 9.91. The van der Waals surface area contributed by atoms with Crippen LogP contribution in [0.25, 0.3) is 11.1 Å². The van der Waals surface area contributed by atoms with Crippen LogP contribution < -0.4 is 5.32 Å². The zero-order valence-electron chi connectivity index (χ0n) is 13.9. The van der Waals surface area contributed by atoms with Gasteiger partial charge in [-0.05, 0) is 37.0 Å². The summed E-state index contributed by atoms with van der Waals surface area (Å²) < 4.78 is 0. The lowest BCUT2D eigenvalue weighted by Crippen LogP contribution is -1.98. The molecule has 1 heterocycles. The van der Waals surface area contributed by atoms with Crippen LogP contribution in [0.3, 0.4) is 0 Å². The molecule has 3 N–H and O–H groups in total. The highest BCUT2D eigenvalue weighted by molar-refractivity contribution is 5.79. The second-order valence-electron chi connectivity index (χ2n) is 6.48. The summed E-state index contributed by atoms with van der Waals surface area (Å²) in [5.74, 6) is 0.404. The van der Waals surface area contributed by atoms with Gasteiger partial charge in [0.15, 0.2) is 0 Å². The molecule has 0 radical (unpaired) electrons. The summed E-state index contributed by atoms with van der Waals surface area (Å²) in [6, 6.07) is 9.96. The van der Waals surface area contributed by atoms with Crippen molar-refractivity contribution in [2.75, 3.05) is 6.54 Å². The summed E-state index contributed by atoms with van der Waals surface area (Å²) >= 11 is 0. The van der Waals surface area contributed by atoms with Crippen LogP contribution in [-0.4, -0.2) is 16.8 Å². The third-order valence-electron chi connectivity index (χ3n) is 4.52. The van der Waals surface area contributed by atoms with E-state index in [2.05, 4.69) is 12.2 Å². The van der Waals surface area contributed by atoms with Gasteiger partial charge in [0.05, 0.1) is 5.56 Å². The fourth-order valence-corrected chi connectivity index (χ4v) is 3.23. The van der Waals surface area contributed by atoms with Crippen molar-refractivity contribution in [1.82, 2.24) is 5.32 Å². The number of unbranched alkanes of at least 4 members (excludes halogenated alkanes) is 2. The number of nitrogens with one attached hydrogen (secondary N) is 1. The molecule has 1 saturated heterocycles. The zero-order chi connectivity index (χ0) is 16.4. The molecule has 2 aromatic carbocycles. The van der Waals surface area contributed by atoms with Crippen molar-refractivity contribution in [3.63, 3.8) is 0 Å². The van der Waals surface area contributed by atoms with Gasteiger partial charge in [-0.3, -0.25) is 0 Å². The Labute approximate surface area is 138 Å². The molecule has 1 atom stereocenters. The molecule has 122 valence electrons. The van der Waals surface area contributed by atoms with Crippen molar-refractivity contribution in [1.29, 1.82) is 0 Å². The Hall–Kier alpha value is -2.00. The molecule has 1 fully saturated rings. The summed E-state index contributed by atoms with van der Waals surface area (Å²) in [6.45, 7) is 5.09. The van der Waals surface area contributed by atoms with Crippen molar-refractivity contribution in [3.05, 3.63) is 47.0 Å². The molecule has 0 spiro atoms. The average Bonchev–Trinajstić information content (AvgIpc) is 3.32. The number of hydrogen-bond donors (Lipinski definition) is 3. The van der Waals surface area contributed by atoms with Gasteiger partial charge in [-0.15, -0.1) is 0 Å². The number of benzene rings is 2. The molecule has 0 amide bonds. The third-order valence-corrected chi connectivity index (χ3v) is 4.52. The number of phenols is 2. The van der Waals surface area contributed by atoms with E-state index >= 15 is 0 Å². The van der Waals surface area contributed by atoms with Gasteiger partial charge >= 0.3 is 0 Å². The predicted octanol–water partition coefficient (Wildman–Crippen LogP) is 4.45. The van der Waals surface area contributed by atoms with E-state index in [9.17, 15) is 10.2 Å². The SMILES string of the molecule is CCCCCc1cc(O)c(-c2cccc(C)c2)c(O)c1C1CN1. The minimum Gasteiger partial charge on any atom is -0.507 e. The summed E-state index contributed by atoms with van der Waals surface area (Å²) in [4.78, 5) is 0. The van der Waals surface area contributed by atoms with E-state index in [4.69, 9.17) is 0 Å². The second-order valence-corrected chi connectivity index (χ2v) is 6.48. The molecule has 1 unspecified atom stereocenters. The first-order valence-electron chi connectivity index (χ1n) is 8.50. The van der Waals surface area contributed by atoms with Crippen molar-refractivity contribution < 1.29 is 10.2 Å². The van der Waals surface area contributed by atoms with Crippen LogP contribution in [0.1, 0.15) is 48.9 Å². The molecule has 2 aromatic rings. The van der Waals surface area contributed by atoms with E-state index in [0.29, 0.717) is 5.56 Å². The summed E-state index contributed by atoms with van der Waals surface area (Å²) in [6.07, 6.45) is 4.31. The Kier molecular flexibility index (Phi) is 4.58. The Morgan fingerprint density at radius 3 is 2.61 bits per heavy atom. The molecule has 3 rings (SSSR count). The fourth-order valence-electron chi connectivity index (χ4n) is 3.23. The van der Waals surface area contributed by atoms with E-state index in [1.54, 1.807) is 0 Å². The maximum Gasteiger partial charge on any atom is 0.132 e. The summed E-state index contributed by atoms with van der Waals surface area (Å²) in [5.41, 5.74) is 4.56. The Morgan fingerprint density at radius 2 is 1.96 bits per heavy atom. The van der Waals surface area contributed by atoms with E-state index in [-0.39, 0.29) is 17.5 Å². The topological polar surface area (TPSA) is 62.4 Å². The highest BCUT2D eigenvalue weighted by Gasteiger charge is 2.31. The maximum atomic E-state index is 10.9. The Balaban J connectivity index is 2.06. The molecular formula is C20H25NO2. The molecule has 0 aliphatic carbocycles. The van der Waals surface area contributed by atoms with Crippen LogP contribution >= 0.6 is 0 Å². The van der Waals surface area contributed by atoms with E-state index < -0.39 is 0 Å². The third kappa shape index (κ3) is 3.35. The van der Waals surface area contributed by atoms with Gasteiger partial charge in [-0.1, -0.05) is 49.6 Å². The standard InChI is InChI=1S/C20H25NO2/c1-3-4-5-8-15-11-17(22)19(14-9-6-7-13(2)10-14)20(23)18(15)16-12-21-16/h6-7,9-11,16,21-23H,3-5,8,12H2,1-2H3. The largest absolute Gasteiger partial charge is 0.507 e.